The molecule has 0 spiro atoms. The quantitative estimate of drug-likeness (QED) is 0.480. The maximum atomic E-state index is 10.8. The molecule has 12 heavy (non-hydrogen) atoms. The third-order valence-electron chi connectivity index (χ3n) is 1.63. The molecule has 0 unspecified atom stereocenters. The lowest BCUT2D eigenvalue weighted by Crippen LogP contribution is -2.45. The van der Waals surface area contributed by atoms with E-state index in [4.69, 9.17) is 5.73 Å². The van der Waals surface area contributed by atoms with Gasteiger partial charge in [-0.05, 0) is 6.92 Å². The molecule has 0 fully saturated rings. The van der Waals surface area contributed by atoms with Crippen molar-refractivity contribution in [3.05, 3.63) is 11.5 Å². The van der Waals surface area contributed by atoms with Gasteiger partial charge in [-0.15, -0.1) is 5.53 Å². The van der Waals surface area contributed by atoms with Crippen molar-refractivity contribution in [1.82, 2.24) is 20.9 Å². The summed E-state index contributed by atoms with van der Waals surface area (Å²) >= 11 is 0. The molecule has 1 heterocycles. The van der Waals surface area contributed by atoms with Gasteiger partial charge in [-0.3, -0.25) is 5.43 Å². The van der Waals surface area contributed by atoms with E-state index in [1.54, 1.807) is 6.92 Å². The van der Waals surface area contributed by atoms with E-state index in [0.29, 0.717) is 0 Å². The van der Waals surface area contributed by atoms with E-state index < -0.39 is 6.03 Å². The number of hydrogen-bond donors (Lipinski definition) is 3. The Hall–Kier alpha value is -1.43. The summed E-state index contributed by atoms with van der Waals surface area (Å²) in [7, 11) is 3.75. The normalized spacial score (nSPS) is 16.4. The fourth-order valence-electron chi connectivity index (χ4n) is 1.04. The van der Waals surface area contributed by atoms with Gasteiger partial charge < -0.3 is 10.6 Å². The van der Waals surface area contributed by atoms with Gasteiger partial charge in [0.25, 0.3) is 0 Å². The number of nitrogens with two attached hydrogens (primary N) is 1. The average molecular weight is 171 g/mol. The highest BCUT2D eigenvalue weighted by molar-refractivity contribution is 5.73. The molecule has 0 aromatic rings. The van der Waals surface area contributed by atoms with Gasteiger partial charge in [0.2, 0.25) is 0 Å². The Kier molecular flexibility index (Phi) is 2.09. The number of nitrogens with zero attached hydrogens (tertiary/aromatic N) is 2. The summed E-state index contributed by atoms with van der Waals surface area (Å²) < 4.78 is 0. The average Bonchev–Trinajstić information content (AvgIpc) is 2.30. The molecule has 1 aliphatic heterocycles. The highest BCUT2D eigenvalue weighted by atomic mass is 16.2. The van der Waals surface area contributed by atoms with Crippen molar-refractivity contribution < 1.29 is 4.79 Å². The van der Waals surface area contributed by atoms with Crippen molar-refractivity contribution in [2.45, 2.75) is 6.92 Å². The highest BCUT2D eigenvalue weighted by Gasteiger charge is 2.22. The molecular weight excluding hydrogens is 158 g/mol. The third-order valence-corrected chi connectivity index (χ3v) is 1.63. The molecule has 0 atom stereocenters. The molecule has 1 aliphatic rings. The molecule has 0 aromatic heterocycles. The van der Waals surface area contributed by atoms with Crippen molar-refractivity contribution in [2.75, 3.05) is 14.1 Å². The van der Waals surface area contributed by atoms with Crippen LogP contribution in [0.1, 0.15) is 6.92 Å². The second kappa shape index (κ2) is 2.90. The van der Waals surface area contributed by atoms with E-state index in [0.717, 1.165) is 11.5 Å². The number of carbonyl (C=O) groups is 1. The van der Waals surface area contributed by atoms with Gasteiger partial charge in [0.05, 0.1) is 5.70 Å². The van der Waals surface area contributed by atoms with E-state index in [1.165, 1.54) is 5.01 Å². The summed E-state index contributed by atoms with van der Waals surface area (Å²) in [5, 5.41) is 1.25. The van der Waals surface area contributed by atoms with Crippen LogP contribution in [0.3, 0.4) is 0 Å². The Morgan fingerprint density at radius 3 is 2.42 bits per heavy atom. The molecule has 0 aliphatic carbocycles. The fraction of sp³-hybridized carbons (Fsp3) is 0.500. The maximum Gasteiger partial charge on any atom is 0.335 e. The van der Waals surface area contributed by atoms with Crippen LogP contribution >= 0.6 is 0 Å². The van der Waals surface area contributed by atoms with Crippen molar-refractivity contribution in [3.8, 4) is 0 Å². The van der Waals surface area contributed by atoms with Crippen LogP contribution in [0.15, 0.2) is 11.5 Å². The van der Waals surface area contributed by atoms with Crippen LogP contribution in [-0.4, -0.2) is 30.0 Å². The lowest BCUT2D eigenvalue weighted by molar-refractivity contribution is 0.201. The summed E-state index contributed by atoms with van der Waals surface area (Å²) in [4.78, 5) is 12.6. The standard InChI is InChI=1S/C6H13N5O/c1-4-5(10(2)3)8-9-11(4)6(7)12/h8-9H,1-3H3,(H2,7,12). The second-order valence-corrected chi connectivity index (χ2v) is 2.74. The fourth-order valence-corrected chi connectivity index (χ4v) is 1.04. The van der Waals surface area contributed by atoms with Crippen molar-refractivity contribution in [3.63, 3.8) is 0 Å². The second-order valence-electron chi connectivity index (χ2n) is 2.74. The zero-order chi connectivity index (χ0) is 9.30. The Balaban J connectivity index is 2.83. The molecule has 0 bridgehead atoms. The molecule has 6 nitrogen and oxygen atoms in total. The summed E-state index contributed by atoms with van der Waals surface area (Å²) in [6.07, 6.45) is 0. The smallest absolute Gasteiger partial charge is 0.335 e. The minimum atomic E-state index is -0.531. The summed E-state index contributed by atoms with van der Waals surface area (Å²) in [6.45, 7) is 1.80. The molecule has 6 heteroatoms. The summed E-state index contributed by atoms with van der Waals surface area (Å²) in [5.74, 6) is 0.828. The van der Waals surface area contributed by atoms with Crippen LogP contribution in [0.4, 0.5) is 4.79 Å². The Morgan fingerprint density at radius 2 is 2.17 bits per heavy atom. The molecule has 68 valence electrons. The Bertz CT molecular complexity index is 234. The lowest BCUT2D eigenvalue weighted by Gasteiger charge is -2.13. The molecule has 0 saturated carbocycles. The van der Waals surface area contributed by atoms with Crippen molar-refractivity contribution in [2.24, 2.45) is 5.73 Å². The van der Waals surface area contributed by atoms with Gasteiger partial charge in [-0.25, -0.2) is 9.80 Å². The summed E-state index contributed by atoms with van der Waals surface area (Å²) in [5.41, 5.74) is 11.3. The maximum absolute atomic E-state index is 10.8. The number of nitrogens with one attached hydrogen (secondary N) is 2. The number of primary amides is 1. The number of carbonyl (C=O) groups excluding carboxylic acids is 1. The van der Waals surface area contributed by atoms with E-state index in [1.807, 2.05) is 19.0 Å². The summed E-state index contributed by atoms with van der Waals surface area (Å²) in [6, 6.07) is -0.531. The van der Waals surface area contributed by atoms with Crippen LogP contribution in [0.5, 0.6) is 0 Å². The van der Waals surface area contributed by atoms with E-state index in [2.05, 4.69) is 11.0 Å². The molecular formula is C6H13N5O. The molecule has 0 saturated heterocycles. The Labute approximate surface area is 70.9 Å². The molecule has 1 rings (SSSR count). The molecule has 2 amide bonds. The van der Waals surface area contributed by atoms with E-state index in [-0.39, 0.29) is 0 Å². The predicted octanol–water partition coefficient (Wildman–Crippen LogP) is -0.859. The van der Waals surface area contributed by atoms with Crippen LogP contribution in [-0.2, 0) is 0 Å². The SMILES string of the molecule is CC1=C(N(C)C)NNN1C(N)=O. The third kappa shape index (κ3) is 1.28. The van der Waals surface area contributed by atoms with Crippen LogP contribution in [0.25, 0.3) is 0 Å². The predicted molar refractivity (Wildman–Crippen MR) is 44.1 cm³/mol. The number of urea groups is 1. The van der Waals surface area contributed by atoms with Gasteiger partial charge in [0, 0.05) is 14.1 Å². The van der Waals surface area contributed by atoms with Gasteiger partial charge >= 0.3 is 6.03 Å². The van der Waals surface area contributed by atoms with E-state index >= 15 is 0 Å². The van der Waals surface area contributed by atoms with Crippen molar-refractivity contribution in [1.29, 1.82) is 0 Å². The number of hydrazine groups is 2. The Morgan fingerprint density at radius 1 is 1.58 bits per heavy atom. The first kappa shape index (κ1) is 8.66. The monoisotopic (exact) mass is 171 g/mol. The van der Waals surface area contributed by atoms with Crippen LogP contribution in [0.2, 0.25) is 0 Å². The van der Waals surface area contributed by atoms with Crippen LogP contribution in [0, 0.1) is 0 Å². The first-order chi connectivity index (χ1) is 5.54. The zero-order valence-corrected chi connectivity index (χ0v) is 7.38. The first-order valence-electron chi connectivity index (χ1n) is 3.53. The molecule has 4 N–H and O–H groups in total. The number of rotatable bonds is 1. The van der Waals surface area contributed by atoms with Gasteiger partial charge in [-0.2, -0.15) is 0 Å². The van der Waals surface area contributed by atoms with Crippen molar-refractivity contribution >= 4 is 6.03 Å². The van der Waals surface area contributed by atoms with Gasteiger partial charge in [0.1, 0.15) is 5.82 Å². The van der Waals surface area contributed by atoms with E-state index in [9.17, 15) is 4.79 Å². The minimum absolute atomic E-state index is 0.531. The topological polar surface area (TPSA) is 73.6 Å². The number of hydrogen-bond acceptors (Lipinski definition) is 4. The molecule has 0 aromatic carbocycles. The number of amides is 2. The number of allylic oxidation sites excluding steroid dienone is 1. The minimum Gasteiger partial charge on any atom is -0.362 e. The van der Waals surface area contributed by atoms with Gasteiger partial charge in [0.15, 0.2) is 0 Å². The van der Waals surface area contributed by atoms with Crippen LogP contribution < -0.4 is 16.7 Å². The molecule has 0 radical (unpaired) electrons. The zero-order valence-electron chi connectivity index (χ0n) is 7.38. The lowest BCUT2D eigenvalue weighted by atomic mass is 10.4. The highest BCUT2D eigenvalue weighted by Crippen LogP contribution is 2.11. The largest absolute Gasteiger partial charge is 0.362 e. The first-order valence-corrected chi connectivity index (χ1v) is 3.53. The van der Waals surface area contributed by atoms with Gasteiger partial charge in [-0.1, -0.05) is 0 Å².